The van der Waals surface area contributed by atoms with Crippen LogP contribution in [-0.4, -0.2) is 38.9 Å². The Hall–Kier alpha value is -2.64. The number of carboxylic acid groups (broad SMARTS) is 1. The zero-order valence-corrected chi connectivity index (χ0v) is 17.5. The first-order valence-electron chi connectivity index (χ1n) is 9.27. The topological polar surface area (TPSA) is 66.8 Å². The summed E-state index contributed by atoms with van der Waals surface area (Å²) in [5.74, 6) is -0.801. The number of nitrogens with zero attached hydrogens (tertiary/aromatic N) is 1. The molecule has 0 spiro atoms. The number of hydrogen-bond acceptors (Lipinski definition) is 5. The van der Waals surface area contributed by atoms with E-state index in [0.717, 1.165) is 29.3 Å². The van der Waals surface area contributed by atoms with Crippen molar-refractivity contribution in [1.82, 2.24) is 4.90 Å². The van der Waals surface area contributed by atoms with Crippen LogP contribution in [0.1, 0.15) is 24.5 Å². The number of thiocarbonyl (C=S) groups is 1. The first-order valence-corrected chi connectivity index (χ1v) is 10.5. The largest absolute Gasteiger partial charge is 0.493 e. The fourth-order valence-electron chi connectivity index (χ4n) is 2.96. The van der Waals surface area contributed by atoms with E-state index in [1.54, 1.807) is 6.08 Å². The normalized spacial score (nSPS) is 16.3. The van der Waals surface area contributed by atoms with E-state index in [0.29, 0.717) is 17.3 Å². The maximum atomic E-state index is 13.0. The summed E-state index contributed by atoms with van der Waals surface area (Å²) in [5, 5.41) is 9.75. The second-order valence-corrected chi connectivity index (χ2v) is 8.16. The third kappa shape index (κ3) is 5.05. The maximum Gasteiger partial charge on any atom is 0.327 e. The Balaban J connectivity index is 1.87. The number of para-hydroxylation sites is 1. The number of thioether (sulfide) groups is 1. The summed E-state index contributed by atoms with van der Waals surface area (Å²) < 4.78 is 5.99. The monoisotopic (exact) mass is 427 g/mol. The van der Waals surface area contributed by atoms with Crippen LogP contribution in [0, 0.1) is 0 Å². The molecule has 0 saturated carbocycles. The molecular formula is C22H21NO4S2. The van der Waals surface area contributed by atoms with Crippen LogP contribution >= 0.6 is 24.0 Å². The van der Waals surface area contributed by atoms with Gasteiger partial charge < -0.3 is 9.84 Å². The highest BCUT2D eigenvalue weighted by molar-refractivity contribution is 8.26. The van der Waals surface area contributed by atoms with E-state index >= 15 is 0 Å². The second-order valence-electron chi connectivity index (χ2n) is 6.48. The van der Waals surface area contributed by atoms with E-state index < -0.39 is 17.9 Å². The van der Waals surface area contributed by atoms with Gasteiger partial charge in [-0.1, -0.05) is 79.4 Å². The van der Waals surface area contributed by atoms with Gasteiger partial charge in [0.15, 0.2) is 0 Å². The summed E-state index contributed by atoms with van der Waals surface area (Å²) >= 11 is 6.47. The zero-order chi connectivity index (χ0) is 20.8. The van der Waals surface area contributed by atoms with Crippen LogP contribution in [0.25, 0.3) is 6.08 Å². The van der Waals surface area contributed by atoms with E-state index in [2.05, 4.69) is 0 Å². The number of carbonyl (C=O) groups is 2. The van der Waals surface area contributed by atoms with E-state index in [9.17, 15) is 14.7 Å². The van der Waals surface area contributed by atoms with Crippen molar-refractivity contribution in [3.8, 4) is 5.75 Å². The molecule has 0 bridgehead atoms. The van der Waals surface area contributed by atoms with Crippen LogP contribution in [0.5, 0.6) is 5.75 Å². The minimum Gasteiger partial charge on any atom is -0.493 e. The predicted molar refractivity (Wildman–Crippen MR) is 119 cm³/mol. The average molecular weight is 428 g/mol. The highest BCUT2D eigenvalue weighted by Gasteiger charge is 2.40. The summed E-state index contributed by atoms with van der Waals surface area (Å²) in [7, 11) is 0. The molecule has 0 aromatic heterocycles. The molecule has 29 heavy (non-hydrogen) atoms. The van der Waals surface area contributed by atoms with Crippen molar-refractivity contribution in [1.29, 1.82) is 0 Å². The van der Waals surface area contributed by atoms with Gasteiger partial charge in [0, 0.05) is 12.0 Å². The highest BCUT2D eigenvalue weighted by atomic mass is 32.2. The molecule has 2 aromatic rings. The van der Waals surface area contributed by atoms with Crippen LogP contribution in [0.15, 0.2) is 59.5 Å². The smallest absolute Gasteiger partial charge is 0.327 e. The number of amides is 1. The number of aliphatic carboxylic acids is 1. The average Bonchev–Trinajstić information content (AvgIpc) is 2.99. The Bertz CT molecular complexity index is 943. The second kappa shape index (κ2) is 9.71. The maximum absolute atomic E-state index is 13.0. The van der Waals surface area contributed by atoms with Crippen LogP contribution < -0.4 is 4.74 Å². The Morgan fingerprint density at radius 3 is 2.59 bits per heavy atom. The van der Waals surface area contributed by atoms with Gasteiger partial charge in [-0.05, 0) is 24.1 Å². The molecular weight excluding hydrogens is 406 g/mol. The lowest BCUT2D eigenvalue weighted by Gasteiger charge is -2.23. The fraction of sp³-hybridized carbons (Fsp3) is 0.227. The molecule has 0 radical (unpaired) electrons. The Morgan fingerprint density at radius 1 is 1.21 bits per heavy atom. The van der Waals surface area contributed by atoms with Gasteiger partial charge in [-0.2, -0.15) is 0 Å². The van der Waals surface area contributed by atoms with E-state index in [1.165, 1.54) is 4.90 Å². The quantitative estimate of drug-likeness (QED) is 0.498. The SMILES string of the molecule is CCCOc1ccccc1/C=C1\SC(=S)N(C(Cc2ccccc2)C(=O)O)C1=O. The van der Waals surface area contributed by atoms with Crippen LogP contribution in [0.2, 0.25) is 0 Å². The molecule has 1 amide bonds. The Morgan fingerprint density at radius 2 is 1.90 bits per heavy atom. The van der Waals surface area contributed by atoms with Crippen molar-refractivity contribution in [2.75, 3.05) is 6.61 Å². The van der Waals surface area contributed by atoms with E-state index in [4.69, 9.17) is 17.0 Å². The van der Waals surface area contributed by atoms with Gasteiger partial charge in [0.25, 0.3) is 5.91 Å². The van der Waals surface area contributed by atoms with Crippen molar-refractivity contribution in [3.63, 3.8) is 0 Å². The lowest BCUT2D eigenvalue weighted by atomic mass is 10.0. The molecule has 2 aromatic carbocycles. The molecule has 1 aliphatic rings. The summed E-state index contributed by atoms with van der Waals surface area (Å²) in [6, 6.07) is 15.6. The van der Waals surface area contributed by atoms with Gasteiger partial charge in [0.2, 0.25) is 0 Å². The molecule has 1 fully saturated rings. The molecule has 5 nitrogen and oxygen atoms in total. The number of hydrogen-bond donors (Lipinski definition) is 1. The van der Waals surface area contributed by atoms with Gasteiger partial charge in [0.1, 0.15) is 16.1 Å². The predicted octanol–water partition coefficient (Wildman–Crippen LogP) is 4.37. The van der Waals surface area contributed by atoms with Crippen molar-refractivity contribution in [2.45, 2.75) is 25.8 Å². The highest BCUT2D eigenvalue weighted by Crippen LogP contribution is 2.36. The lowest BCUT2D eigenvalue weighted by molar-refractivity contribution is -0.145. The summed E-state index contributed by atoms with van der Waals surface area (Å²) in [6.45, 7) is 2.59. The van der Waals surface area contributed by atoms with Crippen molar-refractivity contribution in [2.24, 2.45) is 0 Å². The third-order valence-corrected chi connectivity index (χ3v) is 5.69. The molecule has 1 N–H and O–H groups in total. The Labute approximate surface area is 179 Å². The van der Waals surface area contributed by atoms with E-state index in [1.807, 2.05) is 61.5 Å². The number of carbonyl (C=O) groups excluding carboxylic acids is 1. The van der Waals surface area contributed by atoms with Gasteiger partial charge >= 0.3 is 5.97 Å². The molecule has 1 atom stereocenters. The minimum absolute atomic E-state index is 0.187. The standard InChI is InChI=1S/C22H21NO4S2/c1-2-12-27-18-11-7-6-10-16(18)14-19-20(24)23(22(28)29-19)17(21(25)26)13-15-8-4-3-5-9-15/h3-11,14,17H,2,12-13H2,1H3,(H,25,26)/b19-14-. The van der Waals surface area contributed by atoms with E-state index in [-0.39, 0.29) is 10.7 Å². The lowest BCUT2D eigenvalue weighted by Crippen LogP contribution is -2.45. The minimum atomic E-state index is -1.09. The zero-order valence-electron chi connectivity index (χ0n) is 15.9. The number of rotatable bonds is 8. The molecule has 7 heteroatoms. The first kappa shape index (κ1) is 21.1. The number of carboxylic acids is 1. The molecule has 1 heterocycles. The third-order valence-electron chi connectivity index (χ3n) is 4.36. The summed E-state index contributed by atoms with van der Waals surface area (Å²) in [4.78, 5) is 26.5. The van der Waals surface area contributed by atoms with Crippen molar-refractivity contribution < 1.29 is 19.4 Å². The first-order chi connectivity index (χ1) is 14.0. The summed E-state index contributed by atoms with van der Waals surface area (Å²) in [5.41, 5.74) is 1.59. The summed E-state index contributed by atoms with van der Waals surface area (Å²) in [6.07, 6.45) is 2.77. The molecule has 150 valence electrons. The van der Waals surface area contributed by atoms with Gasteiger partial charge in [-0.15, -0.1) is 0 Å². The molecule has 1 aliphatic heterocycles. The molecule has 1 unspecified atom stereocenters. The van der Waals surface area contributed by atoms with Crippen LogP contribution in [-0.2, 0) is 16.0 Å². The van der Waals surface area contributed by atoms with Gasteiger partial charge in [0.05, 0.1) is 11.5 Å². The fourth-order valence-corrected chi connectivity index (χ4v) is 4.31. The Kier molecular flexibility index (Phi) is 7.06. The molecule has 1 saturated heterocycles. The molecule has 0 aliphatic carbocycles. The van der Waals surface area contributed by atoms with Crippen molar-refractivity contribution in [3.05, 3.63) is 70.6 Å². The van der Waals surface area contributed by atoms with Crippen LogP contribution in [0.4, 0.5) is 0 Å². The van der Waals surface area contributed by atoms with Crippen LogP contribution in [0.3, 0.4) is 0 Å². The number of benzene rings is 2. The van der Waals surface area contributed by atoms with Gasteiger partial charge in [-0.3, -0.25) is 9.69 Å². The number of ether oxygens (including phenoxy) is 1. The molecule has 3 rings (SSSR count). The van der Waals surface area contributed by atoms with Crippen molar-refractivity contribution >= 4 is 46.3 Å². The van der Waals surface area contributed by atoms with Gasteiger partial charge in [-0.25, -0.2) is 4.79 Å².